The summed E-state index contributed by atoms with van der Waals surface area (Å²) in [6.45, 7) is 1.48. The van der Waals surface area contributed by atoms with Gasteiger partial charge in [-0.3, -0.25) is 0 Å². The smallest absolute Gasteiger partial charge is 0.207 e. The van der Waals surface area contributed by atoms with E-state index < -0.39 is 0 Å². The van der Waals surface area contributed by atoms with Crippen LogP contribution in [0, 0.1) is 0 Å². The largest absolute Gasteiger partial charge is 0.383 e. The lowest BCUT2D eigenvalue weighted by Gasteiger charge is -2.08. The summed E-state index contributed by atoms with van der Waals surface area (Å²) in [7, 11) is 1.70. The number of nitrogens with zero attached hydrogens (tertiary/aromatic N) is 2. The molecule has 0 fully saturated rings. The van der Waals surface area contributed by atoms with Crippen LogP contribution in [0.25, 0.3) is 0 Å². The van der Waals surface area contributed by atoms with Crippen LogP contribution < -0.4 is 5.32 Å². The molecule has 0 unspecified atom stereocenters. The number of hydrogen-bond donors (Lipinski definition) is 1. The molecule has 0 spiro atoms. The third kappa shape index (κ3) is 2.61. The van der Waals surface area contributed by atoms with Gasteiger partial charge in [0.15, 0.2) is 0 Å². The van der Waals surface area contributed by atoms with Crippen molar-refractivity contribution in [1.29, 1.82) is 0 Å². The van der Waals surface area contributed by atoms with Crippen molar-refractivity contribution in [2.75, 3.05) is 19.0 Å². The SMILES string of the molecule is COCCn1ccnc1Nc1ccccc1. The minimum absolute atomic E-state index is 0.680. The maximum absolute atomic E-state index is 5.04. The summed E-state index contributed by atoms with van der Waals surface area (Å²) in [6, 6.07) is 9.99. The summed E-state index contributed by atoms with van der Waals surface area (Å²) in [5.41, 5.74) is 1.03. The first-order chi connectivity index (χ1) is 7.90. The zero-order valence-corrected chi connectivity index (χ0v) is 9.26. The summed E-state index contributed by atoms with van der Waals surface area (Å²) in [5.74, 6) is 0.836. The molecular formula is C12H15N3O. The van der Waals surface area contributed by atoms with Gasteiger partial charge in [-0.15, -0.1) is 0 Å². The number of anilines is 2. The Morgan fingerprint density at radius 3 is 2.88 bits per heavy atom. The number of para-hydroxylation sites is 1. The third-order valence-electron chi connectivity index (χ3n) is 2.28. The van der Waals surface area contributed by atoms with Crippen molar-refractivity contribution in [2.45, 2.75) is 6.54 Å². The van der Waals surface area contributed by atoms with Gasteiger partial charge in [0.1, 0.15) is 0 Å². The maximum atomic E-state index is 5.04. The van der Waals surface area contributed by atoms with Crippen molar-refractivity contribution in [3.8, 4) is 0 Å². The van der Waals surface area contributed by atoms with Gasteiger partial charge in [-0.1, -0.05) is 18.2 Å². The Labute approximate surface area is 94.9 Å². The van der Waals surface area contributed by atoms with Crippen LogP contribution in [0.1, 0.15) is 0 Å². The molecule has 1 heterocycles. The Kier molecular flexibility index (Phi) is 3.56. The van der Waals surface area contributed by atoms with Crippen molar-refractivity contribution >= 4 is 11.6 Å². The summed E-state index contributed by atoms with van der Waals surface area (Å²) in [6.07, 6.45) is 3.71. The van der Waals surface area contributed by atoms with E-state index in [-0.39, 0.29) is 0 Å². The highest BCUT2D eigenvalue weighted by atomic mass is 16.5. The highest BCUT2D eigenvalue weighted by molar-refractivity contribution is 5.52. The van der Waals surface area contributed by atoms with Crippen LogP contribution in [0.3, 0.4) is 0 Å². The first-order valence-corrected chi connectivity index (χ1v) is 5.22. The van der Waals surface area contributed by atoms with Crippen LogP contribution >= 0.6 is 0 Å². The minimum Gasteiger partial charge on any atom is -0.383 e. The summed E-state index contributed by atoms with van der Waals surface area (Å²) >= 11 is 0. The van der Waals surface area contributed by atoms with Crippen LogP contribution in [0.15, 0.2) is 42.7 Å². The van der Waals surface area contributed by atoms with E-state index in [1.54, 1.807) is 13.3 Å². The van der Waals surface area contributed by atoms with Gasteiger partial charge in [-0.25, -0.2) is 4.98 Å². The van der Waals surface area contributed by atoms with E-state index in [1.165, 1.54) is 0 Å². The van der Waals surface area contributed by atoms with Crippen LogP contribution in [0.5, 0.6) is 0 Å². The molecule has 2 aromatic rings. The number of aromatic nitrogens is 2. The maximum Gasteiger partial charge on any atom is 0.207 e. The van der Waals surface area contributed by atoms with Crippen molar-refractivity contribution in [1.82, 2.24) is 9.55 Å². The molecule has 1 aromatic carbocycles. The molecule has 4 heteroatoms. The second kappa shape index (κ2) is 5.32. The van der Waals surface area contributed by atoms with E-state index in [2.05, 4.69) is 10.3 Å². The molecule has 0 saturated heterocycles. The fourth-order valence-electron chi connectivity index (χ4n) is 1.45. The van der Waals surface area contributed by atoms with Gasteiger partial charge in [-0.2, -0.15) is 0 Å². The van der Waals surface area contributed by atoms with Crippen LogP contribution in [-0.4, -0.2) is 23.3 Å². The summed E-state index contributed by atoms with van der Waals surface area (Å²) in [5, 5.41) is 3.26. The number of methoxy groups -OCH3 is 1. The van der Waals surface area contributed by atoms with Gasteiger partial charge in [0.25, 0.3) is 0 Å². The van der Waals surface area contributed by atoms with E-state index in [4.69, 9.17) is 4.74 Å². The Hall–Kier alpha value is -1.81. The Balaban J connectivity index is 2.07. The number of rotatable bonds is 5. The second-order valence-corrected chi connectivity index (χ2v) is 3.43. The zero-order valence-electron chi connectivity index (χ0n) is 9.26. The van der Waals surface area contributed by atoms with E-state index in [9.17, 15) is 0 Å². The summed E-state index contributed by atoms with van der Waals surface area (Å²) in [4.78, 5) is 4.26. The van der Waals surface area contributed by atoms with Crippen molar-refractivity contribution in [3.05, 3.63) is 42.7 Å². The molecule has 0 amide bonds. The first kappa shape index (κ1) is 10.7. The summed E-state index contributed by atoms with van der Waals surface area (Å²) < 4.78 is 7.07. The molecule has 0 atom stereocenters. The zero-order chi connectivity index (χ0) is 11.2. The predicted octanol–water partition coefficient (Wildman–Crippen LogP) is 2.27. The van der Waals surface area contributed by atoms with Crippen LogP contribution in [0.2, 0.25) is 0 Å². The Bertz CT molecular complexity index is 425. The lowest BCUT2D eigenvalue weighted by atomic mass is 10.3. The van der Waals surface area contributed by atoms with Gasteiger partial charge in [0, 0.05) is 31.7 Å². The van der Waals surface area contributed by atoms with Gasteiger partial charge in [-0.05, 0) is 12.1 Å². The third-order valence-corrected chi connectivity index (χ3v) is 2.28. The molecule has 0 bridgehead atoms. The minimum atomic E-state index is 0.680. The lowest BCUT2D eigenvalue weighted by molar-refractivity contribution is 0.188. The molecule has 0 aliphatic carbocycles. The van der Waals surface area contributed by atoms with E-state index >= 15 is 0 Å². The quantitative estimate of drug-likeness (QED) is 0.835. The molecule has 1 N–H and O–H groups in total. The standard InChI is InChI=1S/C12H15N3O/c1-16-10-9-15-8-7-13-12(15)14-11-5-3-2-4-6-11/h2-8H,9-10H2,1H3,(H,13,14). The number of imidazole rings is 1. The second-order valence-electron chi connectivity index (χ2n) is 3.43. The van der Waals surface area contributed by atoms with Crippen molar-refractivity contribution in [3.63, 3.8) is 0 Å². The average molecular weight is 217 g/mol. The topological polar surface area (TPSA) is 39.1 Å². The van der Waals surface area contributed by atoms with Gasteiger partial charge >= 0.3 is 0 Å². The molecule has 4 nitrogen and oxygen atoms in total. The normalized spacial score (nSPS) is 10.3. The van der Waals surface area contributed by atoms with Crippen molar-refractivity contribution < 1.29 is 4.74 Å². The average Bonchev–Trinajstić information content (AvgIpc) is 2.75. The first-order valence-electron chi connectivity index (χ1n) is 5.22. The number of hydrogen-bond acceptors (Lipinski definition) is 3. The van der Waals surface area contributed by atoms with Crippen LogP contribution in [-0.2, 0) is 11.3 Å². The molecule has 1 aromatic heterocycles. The van der Waals surface area contributed by atoms with E-state index in [0.717, 1.165) is 18.2 Å². The van der Waals surface area contributed by atoms with Crippen LogP contribution in [0.4, 0.5) is 11.6 Å². The number of benzene rings is 1. The molecule has 0 aliphatic rings. The molecular weight excluding hydrogens is 202 g/mol. The molecule has 0 aliphatic heterocycles. The van der Waals surface area contributed by atoms with Gasteiger partial charge in [0.2, 0.25) is 5.95 Å². The predicted molar refractivity (Wildman–Crippen MR) is 63.8 cm³/mol. The fourth-order valence-corrected chi connectivity index (χ4v) is 1.45. The molecule has 0 radical (unpaired) electrons. The van der Waals surface area contributed by atoms with Crippen molar-refractivity contribution in [2.24, 2.45) is 0 Å². The lowest BCUT2D eigenvalue weighted by Crippen LogP contribution is -2.07. The molecule has 16 heavy (non-hydrogen) atoms. The monoisotopic (exact) mass is 217 g/mol. The number of ether oxygens (including phenoxy) is 1. The Morgan fingerprint density at radius 2 is 2.12 bits per heavy atom. The number of nitrogens with one attached hydrogen (secondary N) is 1. The molecule has 84 valence electrons. The fraction of sp³-hybridized carbons (Fsp3) is 0.250. The molecule has 0 saturated carbocycles. The Morgan fingerprint density at radius 1 is 1.31 bits per heavy atom. The van der Waals surface area contributed by atoms with Gasteiger partial charge < -0.3 is 14.6 Å². The van der Waals surface area contributed by atoms with Gasteiger partial charge in [0.05, 0.1) is 6.61 Å². The highest BCUT2D eigenvalue weighted by Crippen LogP contribution is 2.13. The van der Waals surface area contributed by atoms with E-state index in [0.29, 0.717) is 6.61 Å². The highest BCUT2D eigenvalue weighted by Gasteiger charge is 2.01. The molecule has 2 rings (SSSR count). The van der Waals surface area contributed by atoms with E-state index in [1.807, 2.05) is 41.1 Å².